The fourth-order valence-electron chi connectivity index (χ4n) is 7.48. The van der Waals surface area contributed by atoms with Crippen LogP contribution >= 0.6 is 0 Å². The maximum Gasteiger partial charge on any atom is 0.306 e. The zero-order valence-corrected chi connectivity index (χ0v) is 41.2. The molecule has 0 radical (unpaired) electrons. The molecule has 0 aliphatic rings. The van der Waals surface area contributed by atoms with E-state index in [1.807, 2.05) is 6.08 Å². The molecule has 6 nitrogen and oxygen atoms in total. The number of ether oxygens (including phenoxy) is 1. The second-order valence-corrected chi connectivity index (χ2v) is 17.5. The largest absolute Gasteiger partial charge is 0.458 e. The van der Waals surface area contributed by atoms with Crippen molar-refractivity contribution in [3.8, 4) is 0 Å². The first-order valence-electron chi connectivity index (χ1n) is 26.3. The molecule has 3 N–H and O–H groups in total. The van der Waals surface area contributed by atoms with Gasteiger partial charge in [-0.15, -0.1) is 0 Å². The van der Waals surface area contributed by atoms with E-state index in [4.69, 9.17) is 4.74 Å². The summed E-state index contributed by atoms with van der Waals surface area (Å²) >= 11 is 0. The van der Waals surface area contributed by atoms with Gasteiger partial charge in [0, 0.05) is 6.42 Å². The van der Waals surface area contributed by atoms with Gasteiger partial charge in [-0.2, -0.15) is 0 Å². The van der Waals surface area contributed by atoms with Crippen LogP contribution in [0.5, 0.6) is 0 Å². The minimum absolute atomic E-state index is 0.0518. The highest BCUT2D eigenvalue weighted by molar-refractivity contribution is 5.78. The molecule has 0 saturated heterocycles. The molecule has 0 aromatic heterocycles. The number of esters is 1. The summed E-state index contributed by atoms with van der Waals surface area (Å²) in [6.45, 7) is 6.32. The van der Waals surface area contributed by atoms with Gasteiger partial charge in [-0.1, -0.05) is 228 Å². The van der Waals surface area contributed by atoms with Gasteiger partial charge < -0.3 is 20.3 Å². The number of carbonyl (C=O) groups is 2. The fourth-order valence-corrected chi connectivity index (χ4v) is 7.48. The molecule has 362 valence electrons. The Bertz CT molecular complexity index is 1210. The highest BCUT2D eigenvalue weighted by Crippen LogP contribution is 2.16. The monoisotopic (exact) mass is 878 g/mol. The number of rotatable bonds is 46. The summed E-state index contributed by atoms with van der Waals surface area (Å²) in [6.07, 6.45) is 65.3. The number of amides is 1. The Morgan fingerprint density at radius 3 is 1.35 bits per heavy atom. The molecule has 0 aromatic rings. The molecule has 0 fully saturated rings. The number of aliphatic hydroxyl groups is 2. The summed E-state index contributed by atoms with van der Waals surface area (Å²) in [7, 11) is 0. The molecule has 0 bridgehead atoms. The predicted octanol–water partition coefficient (Wildman–Crippen LogP) is 16.0. The van der Waals surface area contributed by atoms with Crippen LogP contribution in [0.2, 0.25) is 0 Å². The van der Waals surface area contributed by atoms with Gasteiger partial charge >= 0.3 is 5.97 Å². The van der Waals surface area contributed by atoms with E-state index in [2.05, 4.69) is 99.0 Å². The molecule has 0 saturated carbocycles. The third-order valence-corrected chi connectivity index (χ3v) is 11.5. The minimum atomic E-state index is -0.823. The lowest BCUT2D eigenvalue weighted by atomic mass is 10.0. The molecule has 0 aliphatic heterocycles. The second-order valence-electron chi connectivity index (χ2n) is 17.5. The van der Waals surface area contributed by atoms with Crippen molar-refractivity contribution in [3.05, 3.63) is 85.1 Å². The maximum absolute atomic E-state index is 13.2. The normalized spacial score (nSPS) is 13.9. The molecule has 0 aromatic carbocycles. The average Bonchev–Trinajstić information content (AvgIpc) is 3.28. The standard InChI is InChI=1S/C57H99NO5/c1-4-7-10-13-16-19-22-25-27-28-30-31-33-36-39-42-45-48-53(63-57(62)50-47-44-41-38-35-32-29-26-23-20-17-14-11-8-5-2)51-56(61)58-54(52-59)55(60)49-46-43-40-37-34-24-21-18-15-12-9-6-3/h7,10,16,19-20,23,25,27,30-31,36,39,45,48,53-55,59-60H,4-6,8-9,11-15,17-18,21-22,24,26,28-29,32-35,37-38,40-44,46-47,49-52H2,1-3H3,(H,58,61)/b10-7-,19-16-,23-20-,27-25-,31-30-,39-36-,48-45-. The Kier molecular flexibility index (Phi) is 47.7. The SMILES string of the molecule is CC/C=C\C/C=C\C/C=C\C/C=C\C/C=C\C/C=C\C(CC(=O)NC(CO)C(O)CCCCCCCCCCCCCC)OC(=O)CCCCCCCCC/C=C\CCCCCC. The Balaban J connectivity index is 4.78. The lowest BCUT2D eigenvalue weighted by molar-refractivity contribution is -0.148. The molecule has 1 amide bonds. The molecule has 0 heterocycles. The minimum Gasteiger partial charge on any atom is -0.458 e. The van der Waals surface area contributed by atoms with Crippen LogP contribution in [0.3, 0.4) is 0 Å². The summed E-state index contributed by atoms with van der Waals surface area (Å²) in [5, 5.41) is 23.7. The summed E-state index contributed by atoms with van der Waals surface area (Å²) in [5.41, 5.74) is 0. The third-order valence-electron chi connectivity index (χ3n) is 11.5. The fraction of sp³-hybridized carbons (Fsp3) is 0.719. The van der Waals surface area contributed by atoms with Crippen molar-refractivity contribution in [2.45, 2.75) is 257 Å². The van der Waals surface area contributed by atoms with Gasteiger partial charge in [0.2, 0.25) is 5.91 Å². The number of hydrogen-bond acceptors (Lipinski definition) is 5. The molecule has 0 rings (SSSR count). The van der Waals surface area contributed by atoms with E-state index in [0.717, 1.165) is 70.6 Å². The number of nitrogens with one attached hydrogen (secondary N) is 1. The van der Waals surface area contributed by atoms with Gasteiger partial charge in [0.15, 0.2) is 0 Å². The second kappa shape index (κ2) is 50.0. The van der Waals surface area contributed by atoms with Gasteiger partial charge in [-0.05, 0) is 83.1 Å². The lowest BCUT2D eigenvalue weighted by Gasteiger charge is -2.23. The van der Waals surface area contributed by atoms with Gasteiger partial charge in [0.05, 0.1) is 25.2 Å². The molecule has 0 aliphatic carbocycles. The highest BCUT2D eigenvalue weighted by Gasteiger charge is 2.23. The van der Waals surface area contributed by atoms with E-state index in [0.29, 0.717) is 19.3 Å². The van der Waals surface area contributed by atoms with E-state index in [9.17, 15) is 19.8 Å². The highest BCUT2D eigenvalue weighted by atomic mass is 16.5. The van der Waals surface area contributed by atoms with Crippen molar-refractivity contribution in [3.63, 3.8) is 0 Å². The number of unbranched alkanes of at least 4 members (excludes halogenated alkanes) is 22. The molecule has 0 spiro atoms. The van der Waals surface area contributed by atoms with Crippen LogP contribution in [0.1, 0.15) is 239 Å². The number of allylic oxidation sites excluding steroid dienone is 13. The Hall–Kier alpha value is -2.96. The van der Waals surface area contributed by atoms with Crippen LogP contribution in [0.4, 0.5) is 0 Å². The summed E-state index contributed by atoms with van der Waals surface area (Å²) in [5.74, 6) is -0.637. The molecular weight excluding hydrogens is 779 g/mol. The van der Waals surface area contributed by atoms with Crippen LogP contribution < -0.4 is 5.32 Å². The smallest absolute Gasteiger partial charge is 0.306 e. The van der Waals surface area contributed by atoms with Crippen LogP contribution in [0.25, 0.3) is 0 Å². The summed E-state index contributed by atoms with van der Waals surface area (Å²) in [6, 6.07) is -0.747. The first kappa shape index (κ1) is 60.0. The van der Waals surface area contributed by atoms with Gasteiger partial charge in [0.1, 0.15) is 6.10 Å². The van der Waals surface area contributed by atoms with Crippen LogP contribution in [0.15, 0.2) is 85.1 Å². The van der Waals surface area contributed by atoms with E-state index >= 15 is 0 Å². The average molecular weight is 878 g/mol. The van der Waals surface area contributed by atoms with E-state index in [1.54, 1.807) is 6.08 Å². The quantitative estimate of drug-likeness (QED) is 0.0322. The van der Waals surface area contributed by atoms with E-state index in [-0.39, 0.29) is 24.9 Å². The van der Waals surface area contributed by atoms with Crippen LogP contribution in [0, 0.1) is 0 Å². The van der Waals surface area contributed by atoms with Crippen LogP contribution in [-0.2, 0) is 14.3 Å². The third kappa shape index (κ3) is 45.4. The van der Waals surface area contributed by atoms with E-state index < -0.39 is 18.2 Å². The predicted molar refractivity (Wildman–Crippen MR) is 273 cm³/mol. The number of carbonyl (C=O) groups excluding carboxylic acids is 2. The van der Waals surface area contributed by atoms with Crippen molar-refractivity contribution in [2.24, 2.45) is 0 Å². The van der Waals surface area contributed by atoms with Gasteiger partial charge in [0.25, 0.3) is 0 Å². The van der Waals surface area contributed by atoms with Gasteiger partial charge in [-0.3, -0.25) is 9.59 Å². The number of aliphatic hydroxyl groups excluding tert-OH is 2. The maximum atomic E-state index is 13.2. The van der Waals surface area contributed by atoms with Gasteiger partial charge in [-0.25, -0.2) is 0 Å². The molecule has 3 unspecified atom stereocenters. The van der Waals surface area contributed by atoms with Crippen molar-refractivity contribution < 1.29 is 24.5 Å². The summed E-state index contributed by atoms with van der Waals surface area (Å²) in [4.78, 5) is 26.1. The Morgan fingerprint density at radius 1 is 0.492 bits per heavy atom. The Morgan fingerprint density at radius 2 is 0.889 bits per heavy atom. The van der Waals surface area contributed by atoms with Crippen molar-refractivity contribution in [2.75, 3.05) is 6.61 Å². The van der Waals surface area contributed by atoms with Crippen molar-refractivity contribution in [1.29, 1.82) is 0 Å². The molecular formula is C57H99NO5. The molecule has 3 atom stereocenters. The number of hydrogen-bond donors (Lipinski definition) is 3. The van der Waals surface area contributed by atoms with Crippen molar-refractivity contribution in [1.82, 2.24) is 5.32 Å². The molecule has 63 heavy (non-hydrogen) atoms. The van der Waals surface area contributed by atoms with Crippen LogP contribution in [-0.4, -0.2) is 46.9 Å². The zero-order chi connectivity index (χ0) is 45.9. The Labute approximate surface area is 389 Å². The van der Waals surface area contributed by atoms with E-state index in [1.165, 1.54) is 122 Å². The summed E-state index contributed by atoms with van der Waals surface area (Å²) < 4.78 is 5.83. The topological polar surface area (TPSA) is 95.9 Å². The molecule has 6 heteroatoms. The van der Waals surface area contributed by atoms with Crippen molar-refractivity contribution >= 4 is 11.9 Å². The zero-order valence-electron chi connectivity index (χ0n) is 41.2. The first-order chi connectivity index (χ1) is 31.0. The first-order valence-corrected chi connectivity index (χ1v) is 26.3. The lowest BCUT2D eigenvalue weighted by Crippen LogP contribution is -2.46.